The summed E-state index contributed by atoms with van der Waals surface area (Å²) in [6, 6.07) is 10.1. The molecule has 2 aromatic carbocycles. The first-order chi connectivity index (χ1) is 9.85. The maximum absolute atomic E-state index is 12.6. The average molecular weight is 306 g/mol. The monoisotopic (exact) mass is 306 g/mol. The van der Waals surface area contributed by atoms with Gasteiger partial charge in [0.25, 0.3) is 10.0 Å². The van der Waals surface area contributed by atoms with Gasteiger partial charge in [-0.15, -0.1) is 0 Å². The molecule has 0 bridgehead atoms. The van der Waals surface area contributed by atoms with Crippen molar-refractivity contribution in [1.82, 2.24) is 0 Å². The van der Waals surface area contributed by atoms with Gasteiger partial charge in [0.1, 0.15) is 5.75 Å². The Morgan fingerprint density at radius 2 is 1.67 bits per heavy atom. The SMILES string of the molecule is COc1ccccc1NS(=O)(=O)c1c(C)cc(N)cc1C. The quantitative estimate of drug-likeness (QED) is 0.851. The van der Waals surface area contributed by atoms with E-state index in [-0.39, 0.29) is 4.90 Å². The van der Waals surface area contributed by atoms with Crippen molar-refractivity contribution in [2.45, 2.75) is 18.7 Å². The maximum atomic E-state index is 12.6. The van der Waals surface area contributed by atoms with Gasteiger partial charge in [0.2, 0.25) is 0 Å². The van der Waals surface area contributed by atoms with Crippen molar-refractivity contribution in [2.75, 3.05) is 17.6 Å². The number of rotatable bonds is 4. The van der Waals surface area contributed by atoms with Gasteiger partial charge in [-0.25, -0.2) is 8.42 Å². The van der Waals surface area contributed by atoms with Gasteiger partial charge in [0, 0.05) is 5.69 Å². The standard InChI is InChI=1S/C15H18N2O3S/c1-10-8-12(16)9-11(2)15(10)21(18,19)17-13-6-4-5-7-14(13)20-3/h4-9,17H,16H2,1-3H3. The van der Waals surface area contributed by atoms with Crippen LogP contribution >= 0.6 is 0 Å². The summed E-state index contributed by atoms with van der Waals surface area (Å²) in [7, 11) is -2.22. The summed E-state index contributed by atoms with van der Waals surface area (Å²) in [4.78, 5) is 0.239. The minimum absolute atomic E-state index is 0.239. The Morgan fingerprint density at radius 1 is 1.10 bits per heavy atom. The van der Waals surface area contributed by atoms with Crippen LogP contribution in [-0.2, 0) is 10.0 Å². The van der Waals surface area contributed by atoms with Crippen molar-refractivity contribution in [3.8, 4) is 5.75 Å². The Morgan fingerprint density at radius 3 is 2.24 bits per heavy atom. The van der Waals surface area contributed by atoms with E-state index in [1.54, 1.807) is 50.2 Å². The number of nitrogen functional groups attached to an aromatic ring is 1. The lowest BCUT2D eigenvalue weighted by Gasteiger charge is -2.15. The molecule has 0 aromatic heterocycles. The van der Waals surface area contributed by atoms with Gasteiger partial charge < -0.3 is 10.5 Å². The molecule has 21 heavy (non-hydrogen) atoms. The Kier molecular flexibility index (Phi) is 4.09. The first-order valence-electron chi connectivity index (χ1n) is 6.37. The number of sulfonamides is 1. The highest BCUT2D eigenvalue weighted by atomic mass is 32.2. The summed E-state index contributed by atoms with van der Waals surface area (Å²) in [6.45, 7) is 3.44. The molecule has 3 N–H and O–H groups in total. The van der Waals surface area contributed by atoms with Crippen molar-refractivity contribution in [3.63, 3.8) is 0 Å². The summed E-state index contributed by atoms with van der Waals surface area (Å²) >= 11 is 0. The van der Waals surface area contributed by atoms with Crippen LogP contribution in [0.4, 0.5) is 11.4 Å². The van der Waals surface area contributed by atoms with Crippen molar-refractivity contribution in [3.05, 3.63) is 47.5 Å². The number of hydrogen-bond donors (Lipinski definition) is 2. The second-order valence-electron chi connectivity index (χ2n) is 4.79. The van der Waals surface area contributed by atoms with Gasteiger partial charge in [-0.2, -0.15) is 0 Å². The summed E-state index contributed by atoms with van der Waals surface area (Å²) in [6.07, 6.45) is 0. The smallest absolute Gasteiger partial charge is 0.262 e. The van der Waals surface area contributed by atoms with Gasteiger partial charge >= 0.3 is 0 Å². The topological polar surface area (TPSA) is 81.4 Å². The van der Waals surface area contributed by atoms with Crippen molar-refractivity contribution >= 4 is 21.4 Å². The lowest BCUT2D eigenvalue weighted by Crippen LogP contribution is -2.16. The van der Waals surface area contributed by atoms with Crippen LogP contribution in [-0.4, -0.2) is 15.5 Å². The molecule has 0 radical (unpaired) electrons. The van der Waals surface area contributed by atoms with Crippen LogP contribution in [0.3, 0.4) is 0 Å². The van der Waals surface area contributed by atoms with Gasteiger partial charge in [-0.1, -0.05) is 12.1 Å². The highest BCUT2D eigenvalue weighted by molar-refractivity contribution is 7.92. The second kappa shape index (κ2) is 5.65. The number of aryl methyl sites for hydroxylation is 2. The van der Waals surface area contributed by atoms with Crippen LogP contribution in [0.1, 0.15) is 11.1 Å². The third-order valence-electron chi connectivity index (χ3n) is 3.10. The largest absolute Gasteiger partial charge is 0.495 e. The lowest BCUT2D eigenvalue weighted by molar-refractivity contribution is 0.417. The predicted octanol–water partition coefficient (Wildman–Crippen LogP) is 2.70. The lowest BCUT2D eigenvalue weighted by atomic mass is 10.1. The number of para-hydroxylation sites is 2. The fourth-order valence-electron chi connectivity index (χ4n) is 2.33. The normalized spacial score (nSPS) is 11.2. The molecule has 6 heteroatoms. The first kappa shape index (κ1) is 15.2. The van der Waals surface area contributed by atoms with Crippen molar-refractivity contribution < 1.29 is 13.2 Å². The van der Waals surface area contributed by atoms with E-state index in [1.807, 2.05) is 0 Å². The number of benzene rings is 2. The zero-order chi connectivity index (χ0) is 15.6. The molecule has 0 heterocycles. The van der Waals surface area contributed by atoms with E-state index in [1.165, 1.54) is 7.11 Å². The summed E-state index contributed by atoms with van der Waals surface area (Å²) in [5.41, 5.74) is 7.89. The summed E-state index contributed by atoms with van der Waals surface area (Å²) < 4.78 is 33.0. The summed E-state index contributed by atoms with van der Waals surface area (Å²) in [5.74, 6) is 0.465. The van der Waals surface area contributed by atoms with Gasteiger partial charge in [0.15, 0.2) is 0 Å². The number of ether oxygens (including phenoxy) is 1. The molecular formula is C15H18N2O3S. The van der Waals surface area contributed by atoms with Crippen LogP contribution < -0.4 is 15.2 Å². The molecule has 0 fully saturated rings. The Bertz CT molecular complexity index is 747. The first-order valence-corrected chi connectivity index (χ1v) is 7.86. The number of nitrogens with one attached hydrogen (secondary N) is 1. The van der Waals surface area contributed by atoms with Crippen LogP contribution in [0.5, 0.6) is 5.75 Å². The van der Waals surface area contributed by atoms with E-state index in [9.17, 15) is 8.42 Å². The fraction of sp³-hybridized carbons (Fsp3) is 0.200. The minimum Gasteiger partial charge on any atom is -0.495 e. The molecule has 5 nitrogen and oxygen atoms in total. The molecule has 0 saturated carbocycles. The Hall–Kier alpha value is -2.21. The minimum atomic E-state index is -3.71. The number of methoxy groups -OCH3 is 1. The van der Waals surface area contributed by atoms with E-state index in [0.29, 0.717) is 28.3 Å². The molecule has 0 spiro atoms. The molecule has 112 valence electrons. The average Bonchev–Trinajstić information content (AvgIpc) is 2.37. The van der Waals surface area contributed by atoms with Crippen LogP contribution in [0, 0.1) is 13.8 Å². The third kappa shape index (κ3) is 3.11. The molecule has 0 aliphatic heterocycles. The molecule has 2 aromatic rings. The summed E-state index contributed by atoms with van der Waals surface area (Å²) in [5, 5.41) is 0. The highest BCUT2D eigenvalue weighted by Crippen LogP contribution is 2.29. The molecule has 0 amide bonds. The molecule has 2 rings (SSSR count). The van der Waals surface area contributed by atoms with Gasteiger partial charge in [-0.05, 0) is 49.2 Å². The van der Waals surface area contributed by atoms with Crippen molar-refractivity contribution in [1.29, 1.82) is 0 Å². The van der Waals surface area contributed by atoms with Crippen LogP contribution in [0.25, 0.3) is 0 Å². The molecule has 0 saturated heterocycles. The number of anilines is 2. The Balaban J connectivity index is 2.49. The van der Waals surface area contributed by atoms with Crippen LogP contribution in [0.2, 0.25) is 0 Å². The van der Waals surface area contributed by atoms with Crippen LogP contribution in [0.15, 0.2) is 41.3 Å². The van der Waals surface area contributed by atoms with Gasteiger partial charge in [0.05, 0.1) is 17.7 Å². The Labute approximate surface area is 124 Å². The van der Waals surface area contributed by atoms with E-state index in [4.69, 9.17) is 10.5 Å². The maximum Gasteiger partial charge on any atom is 0.262 e. The molecule has 0 aliphatic carbocycles. The molecule has 0 aliphatic rings. The van der Waals surface area contributed by atoms with E-state index in [2.05, 4.69) is 4.72 Å². The number of nitrogens with two attached hydrogens (primary N) is 1. The predicted molar refractivity (Wildman–Crippen MR) is 84.1 cm³/mol. The van der Waals surface area contributed by atoms with E-state index in [0.717, 1.165) is 0 Å². The molecule has 0 atom stereocenters. The van der Waals surface area contributed by atoms with E-state index >= 15 is 0 Å². The zero-order valence-corrected chi connectivity index (χ0v) is 13.0. The highest BCUT2D eigenvalue weighted by Gasteiger charge is 2.21. The van der Waals surface area contributed by atoms with E-state index < -0.39 is 10.0 Å². The molecule has 0 unspecified atom stereocenters. The fourth-order valence-corrected chi connectivity index (χ4v) is 3.86. The van der Waals surface area contributed by atoms with Gasteiger partial charge in [-0.3, -0.25) is 4.72 Å². The van der Waals surface area contributed by atoms with Crippen molar-refractivity contribution in [2.24, 2.45) is 0 Å². The number of hydrogen-bond acceptors (Lipinski definition) is 4. The second-order valence-corrected chi connectivity index (χ2v) is 6.41. The zero-order valence-electron chi connectivity index (χ0n) is 12.2. The molecular weight excluding hydrogens is 288 g/mol. The third-order valence-corrected chi connectivity index (χ3v) is 4.77.